The van der Waals surface area contributed by atoms with E-state index >= 15 is 0 Å². The second-order valence-electron chi connectivity index (χ2n) is 4.82. The Morgan fingerprint density at radius 2 is 1.90 bits per heavy atom. The first kappa shape index (κ1) is 13.1. The number of hydrogen-bond acceptors (Lipinski definition) is 4. The molecule has 2 aromatic rings. The fraction of sp³-hybridized carbons (Fsp3) is 0.188. The van der Waals surface area contributed by atoms with Gasteiger partial charge < -0.3 is 0 Å². The standard InChI is InChI=1S/C16H15N5/c17-10-14-6-8-16(9-7-14)21(20-12-18-19-13-20)11-15-4-2-1-3-5-15/h2,4-9,12-13H,1,3,11H2. The summed E-state index contributed by atoms with van der Waals surface area (Å²) < 4.78 is 1.85. The van der Waals surface area contributed by atoms with Crippen LogP contribution in [-0.4, -0.2) is 21.4 Å². The van der Waals surface area contributed by atoms with Crippen molar-refractivity contribution in [3.8, 4) is 6.07 Å². The number of aromatic nitrogens is 3. The van der Waals surface area contributed by atoms with Gasteiger partial charge in [-0.3, -0.25) is 5.01 Å². The van der Waals surface area contributed by atoms with E-state index in [2.05, 4.69) is 39.5 Å². The average Bonchev–Trinajstić information content (AvgIpc) is 3.08. The molecule has 0 N–H and O–H groups in total. The maximum Gasteiger partial charge on any atom is 0.139 e. The molecule has 1 heterocycles. The van der Waals surface area contributed by atoms with Crippen molar-refractivity contribution in [3.05, 3.63) is 66.3 Å². The molecule has 0 fully saturated rings. The van der Waals surface area contributed by atoms with Crippen molar-refractivity contribution in [1.82, 2.24) is 14.9 Å². The van der Waals surface area contributed by atoms with Gasteiger partial charge in [-0.25, -0.2) is 4.68 Å². The molecule has 1 aliphatic carbocycles. The van der Waals surface area contributed by atoms with Gasteiger partial charge in [0.15, 0.2) is 0 Å². The first-order valence-electron chi connectivity index (χ1n) is 6.85. The molecule has 5 heteroatoms. The molecular formula is C16H15N5. The van der Waals surface area contributed by atoms with Crippen LogP contribution in [0.15, 0.2) is 60.7 Å². The number of hydrogen-bond donors (Lipinski definition) is 0. The molecule has 0 atom stereocenters. The van der Waals surface area contributed by atoms with Crippen molar-refractivity contribution in [2.24, 2.45) is 0 Å². The van der Waals surface area contributed by atoms with Crippen LogP contribution in [0.4, 0.5) is 5.69 Å². The Morgan fingerprint density at radius 1 is 1.14 bits per heavy atom. The van der Waals surface area contributed by atoms with Crippen LogP contribution in [0.5, 0.6) is 0 Å². The lowest BCUT2D eigenvalue weighted by molar-refractivity contribution is 0.720. The van der Waals surface area contributed by atoms with Crippen LogP contribution in [0.3, 0.4) is 0 Å². The molecule has 0 amide bonds. The molecule has 1 aliphatic rings. The number of nitriles is 1. The molecule has 3 rings (SSSR count). The zero-order chi connectivity index (χ0) is 14.5. The van der Waals surface area contributed by atoms with E-state index in [4.69, 9.17) is 5.26 Å². The lowest BCUT2D eigenvalue weighted by Crippen LogP contribution is -2.30. The van der Waals surface area contributed by atoms with Crippen LogP contribution in [-0.2, 0) is 0 Å². The predicted octanol–water partition coefficient (Wildman–Crippen LogP) is 2.70. The van der Waals surface area contributed by atoms with Crippen molar-refractivity contribution in [1.29, 1.82) is 5.26 Å². The summed E-state index contributed by atoms with van der Waals surface area (Å²) in [5, 5.41) is 18.7. The van der Waals surface area contributed by atoms with Crippen molar-refractivity contribution in [2.75, 3.05) is 11.6 Å². The van der Waals surface area contributed by atoms with Gasteiger partial charge in [0.05, 0.1) is 23.9 Å². The fourth-order valence-corrected chi connectivity index (χ4v) is 2.29. The number of allylic oxidation sites excluding steroid dienone is 2. The third kappa shape index (κ3) is 3.00. The molecule has 0 spiro atoms. The highest BCUT2D eigenvalue weighted by Gasteiger charge is 2.11. The van der Waals surface area contributed by atoms with Crippen molar-refractivity contribution in [3.63, 3.8) is 0 Å². The van der Waals surface area contributed by atoms with Crippen LogP contribution in [0.2, 0.25) is 0 Å². The predicted molar refractivity (Wildman–Crippen MR) is 80.4 cm³/mol. The maximum atomic E-state index is 8.91. The molecule has 1 aromatic heterocycles. The molecule has 0 saturated heterocycles. The minimum Gasteiger partial charge on any atom is -0.275 e. The molecule has 5 nitrogen and oxygen atoms in total. The van der Waals surface area contributed by atoms with Crippen LogP contribution in [0.1, 0.15) is 18.4 Å². The van der Waals surface area contributed by atoms with E-state index in [9.17, 15) is 0 Å². The molecule has 0 aliphatic heterocycles. The Hall–Kier alpha value is -2.87. The largest absolute Gasteiger partial charge is 0.275 e. The Balaban J connectivity index is 1.90. The second kappa shape index (κ2) is 6.06. The summed E-state index contributed by atoms with van der Waals surface area (Å²) in [5.41, 5.74) is 2.91. The monoisotopic (exact) mass is 277 g/mol. The summed E-state index contributed by atoms with van der Waals surface area (Å²) in [6.07, 6.45) is 12.1. The van der Waals surface area contributed by atoms with Crippen LogP contribution in [0.25, 0.3) is 0 Å². The van der Waals surface area contributed by atoms with Crippen molar-refractivity contribution < 1.29 is 0 Å². The minimum atomic E-state index is 0.652. The van der Waals surface area contributed by atoms with Gasteiger partial charge in [-0.1, -0.05) is 18.2 Å². The van der Waals surface area contributed by atoms with E-state index in [1.807, 2.05) is 28.9 Å². The fourth-order valence-electron chi connectivity index (χ4n) is 2.29. The Labute approximate surface area is 123 Å². The van der Waals surface area contributed by atoms with E-state index in [0.717, 1.165) is 25.1 Å². The molecule has 0 saturated carbocycles. The zero-order valence-electron chi connectivity index (χ0n) is 11.6. The van der Waals surface area contributed by atoms with Crippen molar-refractivity contribution in [2.45, 2.75) is 12.8 Å². The summed E-state index contributed by atoms with van der Waals surface area (Å²) in [4.78, 5) is 0. The summed E-state index contributed by atoms with van der Waals surface area (Å²) in [6, 6.07) is 9.64. The summed E-state index contributed by atoms with van der Waals surface area (Å²) in [5.74, 6) is 0. The van der Waals surface area contributed by atoms with E-state index in [0.29, 0.717) is 5.56 Å². The molecule has 104 valence electrons. The van der Waals surface area contributed by atoms with Gasteiger partial charge in [0, 0.05) is 0 Å². The number of nitrogens with zero attached hydrogens (tertiary/aromatic N) is 5. The van der Waals surface area contributed by atoms with Gasteiger partial charge in [-0.2, -0.15) is 5.26 Å². The SMILES string of the molecule is N#Cc1ccc(N(CC2=CCCC=C2)n2cnnc2)cc1. The Morgan fingerprint density at radius 3 is 2.52 bits per heavy atom. The van der Waals surface area contributed by atoms with Gasteiger partial charge in [-0.15, -0.1) is 10.2 Å². The maximum absolute atomic E-state index is 8.91. The van der Waals surface area contributed by atoms with E-state index in [1.54, 1.807) is 12.7 Å². The minimum absolute atomic E-state index is 0.652. The first-order valence-corrected chi connectivity index (χ1v) is 6.85. The normalized spacial score (nSPS) is 13.6. The zero-order valence-corrected chi connectivity index (χ0v) is 11.6. The average molecular weight is 277 g/mol. The summed E-state index contributed by atoms with van der Waals surface area (Å²) >= 11 is 0. The highest BCUT2D eigenvalue weighted by molar-refractivity contribution is 5.51. The van der Waals surface area contributed by atoms with Gasteiger partial charge in [0.2, 0.25) is 0 Å². The highest BCUT2D eigenvalue weighted by Crippen LogP contribution is 2.19. The van der Waals surface area contributed by atoms with E-state index in [1.165, 1.54) is 5.57 Å². The van der Waals surface area contributed by atoms with Gasteiger partial charge in [0.25, 0.3) is 0 Å². The van der Waals surface area contributed by atoms with E-state index < -0.39 is 0 Å². The number of anilines is 1. The lowest BCUT2D eigenvalue weighted by Gasteiger charge is -2.26. The molecule has 0 radical (unpaired) electrons. The Kier molecular flexibility index (Phi) is 3.79. The quantitative estimate of drug-likeness (QED) is 0.862. The topological polar surface area (TPSA) is 57.7 Å². The molecule has 0 bridgehead atoms. The lowest BCUT2D eigenvalue weighted by atomic mass is 10.1. The smallest absolute Gasteiger partial charge is 0.139 e. The Bertz CT molecular complexity index is 689. The second-order valence-corrected chi connectivity index (χ2v) is 4.82. The first-order chi connectivity index (χ1) is 10.4. The van der Waals surface area contributed by atoms with Crippen LogP contribution in [0, 0.1) is 11.3 Å². The summed E-state index contributed by atoms with van der Waals surface area (Å²) in [6.45, 7) is 0.737. The molecular weight excluding hydrogens is 262 g/mol. The molecule has 1 aromatic carbocycles. The third-order valence-corrected chi connectivity index (χ3v) is 3.38. The van der Waals surface area contributed by atoms with Gasteiger partial charge in [0.1, 0.15) is 12.7 Å². The number of benzene rings is 1. The van der Waals surface area contributed by atoms with Crippen molar-refractivity contribution >= 4 is 5.69 Å². The highest BCUT2D eigenvalue weighted by atomic mass is 15.6. The van der Waals surface area contributed by atoms with Gasteiger partial charge in [-0.05, 0) is 42.7 Å². The van der Waals surface area contributed by atoms with Crippen LogP contribution >= 0.6 is 0 Å². The number of rotatable bonds is 4. The summed E-state index contributed by atoms with van der Waals surface area (Å²) in [7, 11) is 0. The van der Waals surface area contributed by atoms with E-state index in [-0.39, 0.29) is 0 Å². The van der Waals surface area contributed by atoms with Gasteiger partial charge >= 0.3 is 0 Å². The third-order valence-electron chi connectivity index (χ3n) is 3.38. The molecule has 21 heavy (non-hydrogen) atoms. The molecule has 0 unspecified atom stereocenters. The van der Waals surface area contributed by atoms with Crippen LogP contribution < -0.4 is 5.01 Å².